The van der Waals surface area contributed by atoms with Gasteiger partial charge in [0.15, 0.2) is 0 Å². The highest BCUT2D eigenvalue weighted by atomic mass is 79.9. The molecule has 0 saturated heterocycles. The van der Waals surface area contributed by atoms with Crippen LogP contribution in [-0.4, -0.2) is 0 Å². The minimum atomic E-state index is -0.0517. The summed E-state index contributed by atoms with van der Waals surface area (Å²) in [6.07, 6.45) is 5.88. The van der Waals surface area contributed by atoms with Crippen LogP contribution in [0.25, 0.3) is 45.4 Å². The number of halogens is 1. The third-order valence-corrected chi connectivity index (χ3v) is 6.75. The first-order valence-electron chi connectivity index (χ1n) is 10.2. The van der Waals surface area contributed by atoms with E-state index in [-0.39, 0.29) is 5.41 Å². The molecule has 0 atom stereocenters. The van der Waals surface area contributed by atoms with Gasteiger partial charge in [-0.25, -0.2) is 0 Å². The SMILES string of the molecule is C=Cc1c(/C=C\C)oc2c(-c3ccc4c(c3)C(C)(C)c3cc(Br)ccc3-4)cccc12. The normalized spacial score (nSPS) is 14.3. The molecule has 0 radical (unpaired) electrons. The molecule has 0 amide bonds. The molecular formula is C28H23BrO. The molecule has 1 heterocycles. The molecule has 3 aromatic carbocycles. The zero-order valence-corrected chi connectivity index (χ0v) is 19.0. The molecule has 1 aliphatic carbocycles. The lowest BCUT2D eigenvalue weighted by Gasteiger charge is -2.22. The molecule has 0 spiro atoms. The van der Waals surface area contributed by atoms with Crippen LogP contribution in [0.2, 0.25) is 0 Å². The summed E-state index contributed by atoms with van der Waals surface area (Å²) in [5.74, 6) is 0.855. The van der Waals surface area contributed by atoms with Gasteiger partial charge < -0.3 is 4.42 Å². The van der Waals surface area contributed by atoms with Crippen molar-refractivity contribution in [3.05, 3.63) is 94.2 Å². The van der Waals surface area contributed by atoms with Gasteiger partial charge in [0.1, 0.15) is 11.3 Å². The Morgan fingerprint density at radius 1 is 0.933 bits per heavy atom. The van der Waals surface area contributed by atoms with Crippen LogP contribution in [0.4, 0.5) is 0 Å². The Balaban J connectivity index is 1.73. The Morgan fingerprint density at radius 2 is 1.67 bits per heavy atom. The largest absolute Gasteiger partial charge is 0.455 e. The molecule has 4 aromatic rings. The predicted molar refractivity (Wildman–Crippen MR) is 132 cm³/mol. The second-order valence-corrected chi connectivity index (χ2v) is 9.26. The van der Waals surface area contributed by atoms with Gasteiger partial charge in [-0.2, -0.15) is 0 Å². The van der Waals surface area contributed by atoms with E-state index in [0.29, 0.717) is 0 Å². The number of hydrogen-bond acceptors (Lipinski definition) is 1. The van der Waals surface area contributed by atoms with Crippen LogP contribution in [-0.2, 0) is 5.41 Å². The maximum absolute atomic E-state index is 6.30. The van der Waals surface area contributed by atoms with Gasteiger partial charge in [-0.05, 0) is 59.0 Å². The molecule has 0 fully saturated rings. The maximum atomic E-state index is 6.30. The van der Waals surface area contributed by atoms with Crippen molar-refractivity contribution < 1.29 is 4.42 Å². The molecule has 0 N–H and O–H groups in total. The Bertz CT molecular complexity index is 1350. The Morgan fingerprint density at radius 3 is 2.40 bits per heavy atom. The number of benzene rings is 3. The Kier molecular flexibility index (Phi) is 4.37. The van der Waals surface area contributed by atoms with Crippen LogP contribution in [0.1, 0.15) is 43.2 Å². The molecule has 0 saturated carbocycles. The molecule has 148 valence electrons. The quantitative estimate of drug-likeness (QED) is 0.301. The first-order valence-corrected chi connectivity index (χ1v) is 11.0. The highest BCUT2D eigenvalue weighted by molar-refractivity contribution is 9.10. The minimum Gasteiger partial charge on any atom is -0.455 e. The van der Waals surface area contributed by atoms with E-state index in [1.807, 2.05) is 25.2 Å². The first-order chi connectivity index (χ1) is 14.5. The molecule has 2 heteroatoms. The average Bonchev–Trinajstić information content (AvgIpc) is 3.20. The van der Waals surface area contributed by atoms with Crippen molar-refractivity contribution in [2.24, 2.45) is 0 Å². The van der Waals surface area contributed by atoms with Crippen LogP contribution in [0.5, 0.6) is 0 Å². The van der Waals surface area contributed by atoms with Crippen molar-refractivity contribution in [3.63, 3.8) is 0 Å². The molecule has 1 nitrogen and oxygen atoms in total. The molecular weight excluding hydrogens is 432 g/mol. The Labute approximate surface area is 185 Å². The van der Waals surface area contributed by atoms with Crippen molar-refractivity contribution in [3.8, 4) is 22.3 Å². The van der Waals surface area contributed by atoms with E-state index in [0.717, 1.165) is 32.3 Å². The highest BCUT2D eigenvalue weighted by Gasteiger charge is 2.35. The van der Waals surface area contributed by atoms with E-state index in [1.54, 1.807) is 0 Å². The van der Waals surface area contributed by atoms with Crippen molar-refractivity contribution >= 4 is 39.1 Å². The maximum Gasteiger partial charge on any atom is 0.143 e. The van der Waals surface area contributed by atoms with Crippen LogP contribution >= 0.6 is 15.9 Å². The number of hydrogen-bond donors (Lipinski definition) is 0. The van der Waals surface area contributed by atoms with E-state index >= 15 is 0 Å². The smallest absolute Gasteiger partial charge is 0.143 e. The summed E-state index contributed by atoms with van der Waals surface area (Å²) in [6, 6.07) is 19.8. The second-order valence-electron chi connectivity index (χ2n) is 8.34. The number of rotatable bonds is 3. The molecule has 0 bridgehead atoms. The molecule has 1 aliphatic rings. The summed E-state index contributed by atoms with van der Waals surface area (Å²) >= 11 is 3.64. The molecule has 1 aromatic heterocycles. The predicted octanol–water partition coefficient (Wildman–Crippen LogP) is 8.84. The summed E-state index contributed by atoms with van der Waals surface area (Å²) in [4.78, 5) is 0. The zero-order chi connectivity index (χ0) is 21.0. The van der Waals surface area contributed by atoms with Crippen LogP contribution in [0.3, 0.4) is 0 Å². The van der Waals surface area contributed by atoms with Crippen molar-refractivity contribution in [2.45, 2.75) is 26.2 Å². The van der Waals surface area contributed by atoms with Crippen LogP contribution in [0.15, 0.2) is 76.1 Å². The van der Waals surface area contributed by atoms with Gasteiger partial charge in [0.25, 0.3) is 0 Å². The van der Waals surface area contributed by atoms with Gasteiger partial charge in [-0.15, -0.1) is 0 Å². The van der Waals surface area contributed by atoms with E-state index in [2.05, 4.69) is 91.0 Å². The zero-order valence-electron chi connectivity index (χ0n) is 17.4. The van der Waals surface area contributed by atoms with Gasteiger partial charge in [0.2, 0.25) is 0 Å². The number of fused-ring (bicyclic) bond motifs is 4. The summed E-state index contributed by atoms with van der Waals surface area (Å²) < 4.78 is 7.42. The first kappa shape index (κ1) is 19.1. The average molecular weight is 455 g/mol. The lowest BCUT2D eigenvalue weighted by molar-refractivity contribution is 0.604. The minimum absolute atomic E-state index is 0.0517. The summed E-state index contributed by atoms with van der Waals surface area (Å²) in [5, 5.41) is 1.10. The molecule has 5 rings (SSSR count). The van der Waals surface area contributed by atoms with Crippen molar-refractivity contribution in [2.75, 3.05) is 0 Å². The van der Waals surface area contributed by atoms with E-state index in [9.17, 15) is 0 Å². The molecule has 0 unspecified atom stereocenters. The third-order valence-electron chi connectivity index (χ3n) is 6.25. The molecule has 30 heavy (non-hydrogen) atoms. The Hall–Kier alpha value is -2.84. The van der Waals surface area contributed by atoms with Crippen LogP contribution < -0.4 is 0 Å². The number of allylic oxidation sites excluding steroid dienone is 1. The summed E-state index contributed by atoms with van der Waals surface area (Å²) in [7, 11) is 0. The fourth-order valence-corrected chi connectivity index (χ4v) is 5.11. The highest BCUT2D eigenvalue weighted by Crippen LogP contribution is 2.50. The van der Waals surface area contributed by atoms with E-state index < -0.39 is 0 Å². The van der Waals surface area contributed by atoms with Gasteiger partial charge >= 0.3 is 0 Å². The van der Waals surface area contributed by atoms with Crippen LogP contribution in [0, 0.1) is 0 Å². The van der Waals surface area contributed by atoms with Gasteiger partial charge in [0, 0.05) is 26.4 Å². The topological polar surface area (TPSA) is 13.1 Å². The van der Waals surface area contributed by atoms with Gasteiger partial charge in [0.05, 0.1) is 0 Å². The number of para-hydroxylation sites is 1. The van der Waals surface area contributed by atoms with E-state index in [1.165, 1.54) is 27.8 Å². The van der Waals surface area contributed by atoms with Crippen molar-refractivity contribution in [1.82, 2.24) is 0 Å². The monoisotopic (exact) mass is 454 g/mol. The second kappa shape index (κ2) is 6.85. The third kappa shape index (κ3) is 2.67. The fourth-order valence-electron chi connectivity index (χ4n) is 4.75. The van der Waals surface area contributed by atoms with Gasteiger partial charge in [-0.3, -0.25) is 0 Å². The number of furan rings is 1. The van der Waals surface area contributed by atoms with Crippen molar-refractivity contribution in [1.29, 1.82) is 0 Å². The summed E-state index contributed by atoms with van der Waals surface area (Å²) in [5.41, 5.74) is 9.56. The lowest BCUT2D eigenvalue weighted by Crippen LogP contribution is -2.15. The fraction of sp³-hybridized carbons (Fsp3) is 0.143. The van der Waals surface area contributed by atoms with Gasteiger partial charge in [-0.1, -0.05) is 84.9 Å². The summed E-state index contributed by atoms with van der Waals surface area (Å²) in [6.45, 7) is 10.6. The molecule has 0 aliphatic heterocycles. The van der Waals surface area contributed by atoms with E-state index in [4.69, 9.17) is 4.42 Å². The standard InChI is InChI=1S/C28H23BrO/c1-5-8-26-19(6-2)23-10-7-9-20(27(23)30-26)17-11-13-21-22-14-12-18(29)16-25(22)28(3,4)24(21)15-17/h5-16H,2H2,1,3-4H3/b8-5-. The lowest BCUT2D eigenvalue weighted by atomic mass is 9.81.